The molecule has 4 heteroatoms. The highest BCUT2D eigenvalue weighted by Crippen LogP contribution is 2.20. The molecule has 2 rings (SSSR count). The van der Waals surface area contributed by atoms with Crippen molar-refractivity contribution >= 4 is 0 Å². The summed E-state index contributed by atoms with van der Waals surface area (Å²) in [6.07, 6.45) is 4.80. The second kappa shape index (κ2) is 6.21. The van der Waals surface area contributed by atoms with Gasteiger partial charge in [-0.25, -0.2) is 0 Å². The van der Waals surface area contributed by atoms with Crippen LogP contribution < -0.4 is 10.1 Å². The molecule has 2 N–H and O–H groups in total. The summed E-state index contributed by atoms with van der Waals surface area (Å²) >= 11 is 0. The standard InChI is InChI=1S/C14H19N3O/c1-3-14(15-8-11-9-16-17-10-11)12-4-6-13(18-2)7-5-12/h4-7,9-10,14-15H,3,8H2,1-2H3,(H,16,17). The second-order valence-electron chi connectivity index (χ2n) is 4.22. The Morgan fingerprint density at radius 1 is 1.33 bits per heavy atom. The van der Waals surface area contributed by atoms with Gasteiger partial charge in [0.25, 0.3) is 0 Å². The lowest BCUT2D eigenvalue weighted by Crippen LogP contribution is -2.19. The van der Waals surface area contributed by atoms with Crippen molar-refractivity contribution in [2.75, 3.05) is 7.11 Å². The fourth-order valence-electron chi connectivity index (χ4n) is 1.95. The van der Waals surface area contributed by atoms with Gasteiger partial charge in [0, 0.05) is 24.3 Å². The van der Waals surface area contributed by atoms with Crippen LogP contribution in [0.3, 0.4) is 0 Å². The first-order valence-electron chi connectivity index (χ1n) is 6.18. The Hall–Kier alpha value is -1.81. The average Bonchev–Trinajstić information content (AvgIpc) is 2.93. The Kier molecular flexibility index (Phi) is 4.36. The Morgan fingerprint density at radius 3 is 2.67 bits per heavy atom. The number of aromatic nitrogens is 2. The molecular formula is C14H19N3O. The number of hydrogen-bond donors (Lipinski definition) is 2. The summed E-state index contributed by atoms with van der Waals surface area (Å²) in [4.78, 5) is 0. The molecule has 1 aromatic carbocycles. The number of nitrogens with one attached hydrogen (secondary N) is 2. The van der Waals surface area contributed by atoms with E-state index in [9.17, 15) is 0 Å². The zero-order valence-electron chi connectivity index (χ0n) is 10.8. The smallest absolute Gasteiger partial charge is 0.118 e. The number of H-pyrrole nitrogens is 1. The molecule has 0 fully saturated rings. The normalized spacial score (nSPS) is 12.3. The molecule has 0 aliphatic carbocycles. The lowest BCUT2D eigenvalue weighted by Gasteiger charge is -2.17. The lowest BCUT2D eigenvalue weighted by atomic mass is 10.0. The molecule has 1 heterocycles. The molecule has 0 spiro atoms. The quantitative estimate of drug-likeness (QED) is 0.822. The molecule has 0 radical (unpaired) electrons. The van der Waals surface area contributed by atoms with E-state index in [0.717, 1.165) is 18.7 Å². The monoisotopic (exact) mass is 245 g/mol. The van der Waals surface area contributed by atoms with E-state index in [2.05, 4.69) is 34.6 Å². The van der Waals surface area contributed by atoms with E-state index in [1.807, 2.05) is 24.5 Å². The Bertz CT molecular complexity index is 450. The van der Waals surface area contributed by atoms with Crippen molar-refractivity contribution in [3.8, 4) is 5.75 Å². The molecule has 2 aromatic rings. The van der Waals surface area contributed by atoms with Crippen LogP contribution in [0.15, 0.2) is 36.7 Å². The summed E-state index contributed by atoms with van der Waals surface area (Å²) in [7, 11) is 1.68. The molecule has 1 unspecified atom stereocenters. The number of ether oxygens (including phenoxy) is 1. The van der Waals surface area contributed by atoms with E-state index >= 15 is 0 Å². The minimum absolute atomic E-state index is 0.353. The Balaban J connectivity index is 1.98. The maximum atomic E-state index is 5.17. The number of nitrogens with zero attached hydrogens (tertiary/aromatic N) is 1. The van der Waals surface area contributed by atoms with Gasteiger partial charge in [0.2, 0.25) is 0 Å². The maximum absolute atomic E-state index is 5.17. The minimum atomic E-state index is 0.353. The summed E-state index contributed by atoms with van der Waals surface area (Å²) in [5, 5.41) is 10.3. The summed E-state index contributed by atoms with van der Waals surface area (Å²) in [5.41, 5.74) is 2.45. The fraction of sp³-hybridized carbons (Fsp3) is 0.357. The van der Waals surface area contributed by atoms with Crippen LogP contribution in [0.1, 0.15) is 30.5 Å². The van der Waals surface area contributed by atoms with Gasteiger partial charge in [-0.3, -0.25) is 5.10 Å². The third kappa shape index (κ3) is 3.11. The molecule has 0 amide bonds. The van der Waals surface area contributed by atoms with Gasteiger partial charge in [-0.1, -0.05) is 19.1 Å². The van der Waals surface area contributed by atoms with E-state index in [4.69, 9.17) is 4.74 Å². The maximum Gasteiger partial charge on any atom is 0.118 e. The zero-order chi connectivity index (χ0) is 12.8. The van der Waals surface area contributed by atoms with E-state index in [1.54, 1.807) is 7.11 Å². The highest BCUT2D eigenvalue weighted by atomic mass is 16.5. The van der Waals surface area contributed by atoms with Gasteiger partial charge in [-0.15, -0.1) is 0 Å². The van der Waals surface area contributed by atoms with E-state index in [1.165, 1.54) is 11.1 Å². The molecule has 0 saturated carbocycles. The number of hydrogen-bond acceptors (Lipinski definition) is 3. The van der Waals surface area contributed by atoms with Crippen molar-refractivity contribution in [1.29, 1.82) is 0 Å². The molecule has 1 aromatic heterocycles. The number of aromatic amines is 1. The molecule has 0 saturated heterocycles. The van der Waals surface area contributed by atoms with Crippen molar-refractivity contribution in [3.63, 3.8) is 0 Å². The average molecular weight is 245 g/mol. The lowest BCUT2D eigenvalue weighted by molar-refractivity contribution is 0.414. The van der Waals surface area contributed by atoms with Gasteiger partial charge >= 0.3 is 0 Å². The van der Waals surface area contributed by atoms with Crippen molar-refractivity contribution in [2.45, 2.75) is 25.9 Å². The van der Waals surface area contributed by atoms with Crippen LogP contribution in [0.2, 0.25) is 0 Å². The SMILES string of the molecule is CCC(NCc1cn[nH]c1)c1ccc(OC)cc1. The highest BCUT2D eigenvalue weighted by molar-refractivity contribution is 5.29. The van der Waals surface area contributed by atoms with Crippen LogP contribution in [0.4, 0.5) is 0 Å². The molecule has 96 valence electrons. The summed E-state index contributed by atoms with van der Waals surface area (Å²) < 4.78 is 5.17. The van der Waals surface area contributed by atoms with Crippen molar-refractivity contribution < 1.29 is 4.74 Å². The first-order valence-corrected chi connectivity index (χ1v) is 6.18. The Labute approximate surface area is 107 Å². The van der Waals surface area contributed by atoms with E-state index < -0.39 is 0 Å². The molecule has 0 aliphatic rings. The van der Waals surface area contributed by atoms with Crippen LogP contribution in [-0.2, 0) is 6.54 Å². The highest BCUT2D eigenvalue weighted by Gasteiger charge is 2.08. The first-order chi connectivity index (χ1) is 8.83. The third-order valence-electron chi connectivity index (χ3n) is 3.03. The van der Waals surface area contributed by atoms with Crippen LogP contribution in [0.5, 0.6) is 5.75 Å². The molecular weight excluding hydrogens is 226 g/mol. The zero-order valence-corrected chi connectivity index (χ0v) is 10.8. The Morgan fingerprint density at radius 2 is 2.11 bits per heavy atom. The van der Waals surface area contributed by atoms with Crippen molar-refractivity contribution in [2.24, 2.45) is 0 Å². The number of rotatable bonds is 6. The van der Waals surface area contributed by atoms with Crippen LogP contribution in [0.25, 0.3) is 0 Å². The predicted molar refractivity (Wildman–Crippen MR) is 71.5 cm³/mol. The largest absolute Gasteiger partial charge is 0.497 e. The molecule has 18 heavy (non-hydrogen) atoms. The first kappa shape index (κ1) is 12.6. The van der Waals surface area contributed by atoms with Crippen LogP contribution >= 0.6 is 0 Å². The van der Waals surface area contributed by atoms with Crippen molar-refractivity contribution in [1.82, 2.24) is 15.5 Å². The summed E-state index contributed by atoms with van der Waals surface area (Å²) in [6.45, 7) is 3.00. The molecule has 4 nitrogen and oxygen atoms in total. The van der Waals surface area contributed by atoms with Gasteiger partial charge in [0.1, 0.15) is 5.75 Å². The van der Waals surface area contributed by atoms with Gasteiger partial charge in [-0.2, -0.15) is 5.10 Å². The second-order valence-corrected chi connectivity index (χ2v) is 4.22. The van der Waals surface area contributed by atoms with Crippen LogP contribution in [-0.4, -0.2) is 17.3 Å². The molecule has 1 atom stereocenters. The predicted octanol–water partition coefficient (Wildman–Crippen LogP) is 2.66. The molecule has 0 bridgehead atoms. The minimum Gasteiger partial charge on any atom is -0.497 e. The summed E-state index contributed by atoms with van der Waals surface area (Å²) in [5.74, 6) is 0.892. The van der Waals surface area contributed by atoms with Crippen LogP contribution in [0, 0.1) is 0 Å². The van der Waals surface area contributed by atoms with Gasteiger partial charge in [0.15, 0.2) is 0 Å². The molecule has 0 aliphatic heterocycles. The van der Waals surface area contributed by atoms with Gasteiger partial charge < -0.3 is 10.1 Å². The third-order valence-corrected chi connectivity index (χ3v) is 3.03. The number of benzene rings is 1. The fourth-order valence-corrected chi connectivity index (χ4v) is 1.95. The topological polar surface area (TPSA) is 49.9 Å². The van der Waals surface area contributed by atoms with E-state index in [0.29, 0.717) is 6.04 Å². The van der Waals surface area contributed by atoms with Gasteiger partial charge in [0.05, 0.1) is 13.3 Å². The summed E-state index contributed by atoms with van der Waals surface area (Å²) in [6, 6.07) is 8.56. The number of methoxy groups -OCH3 is 1. The van der Waals surface area contributed by atoms with Gasteiger partial charge in [-0.05, 0) is 24.1 Å². The van der Waals surface area contributed by atoms with Crippen molar-refractivity contribution in [3.05, 3.63) is 47.8 Å². The van der Waals surface area contributed by atoms with E-state index in [-0.39, 0.29) is 0 Å².